The Bertz CT molecular complexity index is 1420. The Morgan fingerprint density at radius 1 is 1.05 bits per heavy atom. The number of halogens is 2. The number of hydrogen-bond donors (Lipinski definition) is 2. The third-order valence-electron chi connectivity index (χ3n) is 6.58. The molecule has 2 N–H and O–H groups in total. The van der Waals surface area contributed by atoms with Gasteiger partial charge >= 0.3 is 0 Å². The molecule has 4 aromatic rings. The van der Waals surface area contributed by atoms with Crippen LogP contribution in [0.25, 0.3) is 16.9 Å². The van der Waals surface area contributed by atoms with Crippen LogP contribution in [0.2, 0.25) is 10.0 Å². The Balaban J connectivity index is 1.46. The Kier molecular flexibility index (Phi) is 8.00. The van der Waals surface area contributed by atoms with Gasteiger partial charge in [-0.25, -0.2) is 9.69 Å². The summed E-state index contributed by atoms with van der Waals surface area (Å²) in [7, 11) is 0. The van der Waals surface area contributed by atoms with Crippen molar-refractivity contribution in [2.24, 2.45) is 0 Å². The first-order valence-electron chi connectivity index (χ1n) is 12.5. The van der Waals surface area contributed by atoms with E-state index in [2.05, 4.69) is 5.43 Å². The van der Waals surface area contributed by atoms with Gasteiger partial charge in [0.15, 0.2) is 5.69 Å². The van der Waals surface area contributed by atoms with E-state index in [1.807, 2.05) is 66.5 Å². The third kappa shape index (κ3) is 5.87. The quantitative estimate of drug-likeness (QED) is 0.302. The Labute approximate surface area is 231 Å². The molecule has 0 unspecified atom stereocenters. The molecule has 1 aromatic heterocycles. The first-order valence-corrected chi connectivity index (χ1v) is 13.2. The van der Waals surface area contributed by atoms with Gasteiger partial charge in [0.1, 0.15) is 12.4 Å². The highest BCUT2D eigenvalue weighted by atomic mass is 35.5. The number of benzene rings is 3. The maximum atomic E-state index is 13.3. The van der Waals surface area contributed by atoms with Crippen LogP contribution >= 0.6 is 23.2 Å². The fourth-order valence-electron chi connectivity index (χ4n) is 4.50. The van der Waals surface area contributed by atoms with Crippen molar-refractivity contribution in [3.63, 3.8) is 0 Å². The molecule has 1 saturated heterocycles. The normalized spacial score (nSPS) is 14.4. The molecule has 1 aliphatic heterocycles. The molecule has 1 aliphatic rings. The summed E-state index contributed by atoms with van der Waals surface area (Å²) in [6.07, 6.45) is 0.887. The Morgan fingerprint density at radius 2 is 1.76 bits per heavy atom. The van der Waals surface area contributed by atoms with Crippen molar-refractivity contribution < 1.29 is 14.6 Å². The molecular weight excluding hydrogens is 523 g/mol. The lowest BCUT2D eigenvalue weighted by molar-refractivity contribution is 0.0463. The molecule has 0 radical (unpaired) electrons. The minimum atomic E-state index is -0.331. The number of hydrogen-bond acceptors (Lipinski definition) is 5. The zero-order chi connectivity index (χ0) is 26.6. The van der Waals surface area contributed by atoms with Gasteiger partial charge in [0.25, 0.3) is 5.91 Å². The van der Waals surface area contributed by atoms with Crippen molar-refractivity contribution in [3.8, 4) is 22.7 Å². The molecule has 0 saturated carbocycles. The standard InChI is InChI=1S/C29H28Cl2N4O3/c1-19-27(29(37)33-34-15-13-23(36)14-16-34)32-35(26-12-9-22(30)17-25(26)31)28(19)21-7-10-24(11-8-21)38-18-20-5-3-2-4-6-20/h2-12,17,23,36H,13-16,18H2,1H3,(H,33,37). The Morgan fingerprint density at radius 3 is 2.45 bits per heavy atom. The predicted molar refractivity (Wildman–Crippen MR) is 149 cm³/mol. The van der Waals surface area contributed by atoms with Crippen molar-refractivity contribution in [2.45, 2.75) is 32.5 Å². The summed E-state index contributed by atoms with van der Waals surface area (Å²) in [5.41, 5.74) is 7.23. The van der Waals surface area contributed by atoms with E-state index in [0.717, 1.165) is 22.6 Å². The zero-order valence-corrected chi connectivity index (χ0v) is 22.4. The number of aliphatic hydroxyl groups is 1. The number of ether oxygens (including phenoxy) is 1. The number of aliphatic hydroxyl groups excluding tert-OH is 1. The van der Waals surface area contributed by atoms with Crippen LogP contribution < -0.4 is 10.2 Å². The predicted octanol–water partition coefficient (Wildman–Crippen LogP) is 5.84. The number of aromatic nitrogens is 2. The van der Waals surface area contributed by atoms with Crippen molar-refractivity contribution in [3.05, 3.63) is 99.7 Å². The van der Waals surface area contributed by atoms with E-state index in [9.17, 15) is 9.90 Å². The highest BCUT2D eigenvalue weighted by Crippen LogP contribution is 2.33. The van der Waals surface area contributed by atoms with E-state index in [4.69, 9.17) is 33.0 Å². The molecule has 1 fully saturated rings. The maximum absolute atomic E-state index is 13.3. The Hall–Kier alpha value is -3.36. The second-order valence-corrected chi connectivity index (χ2v) is 10.1. The van der Waals surface area contributed by atoms with E-state index >= 15 is 0 Å². The molecule has 9 heteroatoms. The van der Waals surface area contributed by atoms with Crippen LogP contribution in [0, 0.1) is 6.92 Å². The minimum absolute atomic E-state index is 0.293. The number of amides is 1. The molecule has 2 heterocycles. The van der Waals surface area contributed by atoms with Crippen molar-refractivity contribution in [1.82, 2.24) is 20.2 Å². The van der Waals surface area contributed by atoms with Gasteiger partial charge in [0, 0.05) is 29.2 Å². The molecule has 0 bridgehead atoms. The topological polar surface area (TPSA) is 79.6 Å². The molecule has 0 spiro atoms. The van der Waals surface area contributed by atoms with Gasteiger partial charge in [-0.15, -0.1) is 0 Å². The number of hydrazine groups is 1. The molecule has 0 aliphatic carbocycles. The van der Waals surface area contributed by atoms with Gasteiger partial charge in [0.2, 0.25) is 0 Å². The van der Waals surface area contributed by atoms with Gasteiger partial charge in [-0.2, -0.15) is 5.10 Å². The second-order valence-electron chi connectivity index (χ2n) is 9.29. The molecule has 38 heavy (non-hydrogen) atoms. The molecule has 5 rings (SSSR count). The van der Waals surface area contributed by atoms with Crippen molar-refractivity contribution in [2.75, 3.05) is 13.1 Å². The largest absolute Gasteiger partial charge is 0.489 e. The fraction of sp³-hybridized carbons (Fsp3) is 0.241. The van der Waals surface area contributed by atoms with Crippen LogP contribution in [0.1, 0.15) is 34.5 Å². The SMILES string of the molecule is Cc1c(C(=O)NN2CCC(O)CC2)nn(-c2ccc(Cl)cc2Cl)c1-c1ccc(OCc2ccccc2)cc1. The zero-order valence-electron chi connectivity index (χ0n) is 20.9. The monoisotopic (exact) mass is 550 g/mol. The molecule has 196 valence electrons. The van der Waals surface area contributed by atoms with Crippen LogP contribution in [-0.4, -0.2) is 45.0 Å². The molecule has 7 nitrogen and oxygen atoms in total. The molecule has 0 atom stereocenters. The summed E-state index contributed by atoms with van der Waals surface area (Å²) in [6.45, 7) is 3.49. The first kappa shape index (κ1) is 26.3. The van der Waals surface area contributed by atoms with Gasteiger partial charge in [0.05, 0.1) is 22.5 Å². The van der Waals surface area contributed by atoms with E-state index in [1.165, 1.54) is 0 Å². The maximum Gasteiger partial charge on any atom is 0.286 e. The number of nitrogens with one attached hydrogen (secondary N) is 1. The fourth-order valence-corrected chi connectivity index (χ4v) is 4.99. The number of carbonyl (C=O) groups is 1. The summed E-state index contributed by atoms with van der Waals surface area (Å²) in [5.74, 6) is 0.419. The molecular formula is C29H28Cl2N4O3. The van der Waals surface area contributed by atoms with E-state index in [-0.39, 0.29) is 12.0 Å². The van der Waals surface area contributed by atoms with Crippen molar-refractivity contribution >= 4 is 29.1 Å². The summed E-state index contributed by atoms with van der Waals surface area (Å²) >= 11 is 12.7. The van der Waals surface area contributed by atoms with Crippen LogP contribution in [0.3, 0.4) is 0 Å². The van der Waals surface area contributed by atoms with Gasteiger partial charge in [-0.05, 0) is 67.8 Å². The average Bonchev–Trinajstić information content (AvgIpc) is 3.26. The van der Waals surface area contributed by atoms with E-state index < -0.39 is 0 Å². The van der Waals surface area contributed by atoms with E-state index in [1.54, 1.807) is 22.9 Å². The smallest absolute Gasteiger partial charge is 0.286 e. The summed E-state index contributed by atoms with van der Waals surface area (Å²) in [4.78, 5) is 13.3. The summed E-state index contributed by atoms with van der Waals surface area (Å²) in [6, 6.07) is 22.8. The lowest BCUT2D eigenvalue weighted by Crippen LogP contribution is -2.47. The number of carbonyl (C=O) groups excluding carboxylic acids is 1. The van der Waals surface area contributed by atoms with Crippen LogP contribution in [-0.2, 0) is 6.61 Å². The van der Waals surface area contributed by atoms with Crippen LogP contribution in [0.15, 0.2) is 72.8 Å². The molecule has 3 aromatic carbocycles. The third-order valence-corrected chi connectivity index (χ3v) is 7.11. The van der Waals surface area contributed by atoms with Gasteiger partial charge in [-0.1, -0.05) is 53.5 Å². The summed E-state index contributed by atoms with van der Waals surface area (Å²) < 4.78 is 7.63. The highest BCUT2D eigenvalue weighted by Gasteiger charge is 2.26. The van der Waals surface area contributed by atoms with Crippen LogP contribution in [0.4, 0.5) is 0 Å². The molecule has 1 amide bonds. The number of nitrogens with zero attached hydrogens (tertiary/aromatic N) is 3. The lowest BCUT2D eigenvalue weighted by Gasteiger charge is -2.29. The van der Waals surface area contributed by atoms with Gasteiger partial charge in [-0.3, -0.25) is 10.2 Å². The van der Waals surface area contributed by atoms with Crippen LogP contribution in [0.5, 0.6) is 5.75 Å². The number of rotatable bonds is 7. The average molecular weight is 551 g/mol. The number of piperidine rings is 1. The van der Waals surface area contributed by atoms with E-state index in [0.29, 0.717) is 59.5 Å². The van der Waals surface area contributed by atoms with Gasteiger partial charge < -0.3 is 9.84 Å². The second kappa shape index (κ2) is 11.6. The lowest BCUT2D eigenvalue weighted by atomic mass is 10.1. The highest BCUT2D eigenvalue weighted by molar-refractivity contribution is 6.35. The summed E-state index contributed by atoms with van der Waals surface area (Å²) in [5, 5.41) is 17.2. The van der Waals surface area contributed by atoms with Crippen molar-refractivity contribution in [1.29, 1.82) is 0 Å². The minimum Gasteiger partial charge on any atom is -0.489 e. The first-order chi connectivity index (χ1) is 18.4.